The minimum Gasteiger partial charge on any atom is -0.506 e. The number of benzene rings is 2. The van der Waals surface area contributed by atoms with E-state index in [1.54, 1.807) is 0 Å². The van der Waals surface area contributed by atoms with Crippen molar-refractivity contribution in [3.8, 4) is 5.75 Å². The molecule has 114 valence electrons. The third-order valence-electron chi connectivity index (χ3n) is 3.66. The van der Waals surface area contributed by atoms with Crippen molar-refractivity contribution in [3.63, 3.8) is 0 Å². The molecule has 0 amide bonds. The number of halogens is 2. The van der Waals surface area contributed by atoms with E-state index in [1.807, 2.05) is 18.2 Å². The Hall–Kier alpha value is -1.30. The molecule has 0 spiro atoms. The third-order valence-corrected chi connectivity index (χ3v) is 4.72. The summed E-state index contributed by atoms with van der Waals surface area (Å²) in [7, 11) is 2.05. The number of aromatic nitrogens is 1. The number of nitrogens with one attached hydrogen (secondary N) is 1. The van der Waals surface area contributed by atoms with Crippen LogP contribution in [0.1, 0.15) is 11.1 Å². The lowest BCUT2D eigenvalue weighted by molar-refractivity contribution is 0.313. The minimum absolute atomic E-state index is 0.300. The predicted octanol–water partition coefficient (Wildman–Crippen LogP) is 5.03. The van der Waals surface area contributed by atoms with Crippen molar-refractivity contribution in [2.75, 3.05) is 7.05 Å². The summed E-state index contributed by atoms with van der Waals surface area (Å²) in [5.74, 6) is 0.300. The summed E-state index contributed by atoms with van der Waals surface area (Å²) in [5, 5.41) is 11.4. The van der Waals surface area contributed by atoms with Crippen molar-refractivity contribution in [1.29, 1.82) is 0 Å². The van der Waals surface area contributed by atoms with Crippen LogP contribution < -0.4 is 0 Å². The number of rotatable bonds is 4. The number of para-hydroxylation sites is 1. The highest BCUT2D eigenvalue weighted by molar-refractivity contribution is 9.11. The Bertz CT molecular complexity index is 814. The number of nitrogens with zero attached hydrogens (tertiary/aromatic N) is 1. The molecule has 0 aliphatic rings. The molecule has 2 N–H and O–H groups in total. The molecule has 0 fully saturated rings. The van der Waals surface area contributed by atoms with Crippen LogP contribution in [0.5, 0.6) is 5.75 Å². The van der Waals surface area contributed by atoms with Crippen molar-refractivity contribution >= 4 is 42.8 Å². The number of aromatic hydroxyl groups is 1. The van der Waals surface area contributed by atoms with Gasteiger partial charge in [0.25, 0.3) is 0 Å². The van der Waals surface area contributed by atoms with E-state index in [1.165, 1.54) is 10.9 Å². The fraction of sp³-hybridized carbons (Fsp3) is 0.176. The number of hydrogen-bond donors (Lipinski definition) is 2. The molecule has 3 rings (SSSR count). The van der Waals surface area contributed by atoms with Gasteiger partial charge in [0, 0.05) is 40.2 Å². The Kier molecular flexibility index (Phi) is 4.57. The van der Waals surface area contributed by atoms with Gasteiger partial charge in [-0.3, -0.25) is 4.90 Å². The fourth-order valence-corrected chi connectivity index (χ4v) is 3.95. The van der Waals surface area contributed by atoms with Crippen LogP contribution in [0.25, 0.3) is 10.9 Å². The van der Waals surface area contributed by atoms with E-state index < -0.39 is 0 Å². The highest BCUT2D eigenvalue weighted by Crippen LogP contribution is 2.32. The maximum Gasteiger partial charge on any atom is 0.134 e. The van der Waals surface area contributed by atoms with E-state index in [-0.39, 0.29) is 0 Å². The standard InChI is InChI=1S/C17H16Br2N2O/c1-21(9-11-6-13(18)7-15(19)17(11)22)10-12-8-20-16-5-3-2-4-14(12)16/h2-8,20,22H,9-10H2,1H3. The van der Waals surface area contributed by atoms with E-state index in [0.29, 0.717) is 16.8 Å². The fourth-order valence-electron chi connectivity index (χ4n) is 2.64. The normalized spacial score (nSPS) is 11.5. The monoisotopic (exact) mass is 422 g/mol. The Morgan fingerprint density at radius 3 is 2.64 bits per heavy atom. The maximum absolute atomic E-state index is 10.2. The molecule has 0 atom stereocenters. The number of phenolic OH excluding ortho intramolecular Hbond substituents is 1. The average Bonchev–Trinajstić information content (AvgIpc) is 2.87. The summed E-state index contributed by atoms with van der Waals surface area (Å²) in [6, 6.07) is 12.1. The lowest BCUT2D eigenvalue weighted by atomic mass is 10.1. The highest BCUT2D eigenvalue weighted by atomic mass is 79.9. The van der Waals surface area contributed by atoms with Crippen molar-refractivity contribution in [3.05, 3.63) is 62.7 Å². The molecule has 0 aliphatic carbocycles. The molecule has 3 aromatic rings. The van der Waals surface area contributed by atoms with Gasteiger partial charge in [0.1, 0.15) is 5.75 Å². The number of fused-ring (bicyclic) bond motifs is 1. The summed E-state index contributed by atoms with van der Waals surface area (Å²) >= 11 is 6.84. The highest BCUT2D eigenvalue weighted by Gasteiger charge is 2.11. The second kappa shape index (κ2) is 6.44. The molecule has 0 bridgehead atoms. The van der Waals surface area contributed by atoms with Crippen LogP contribution in [0.3, 0.4) is 0 Å². The van der Waals surface area contributed by atoms with Gasteiger partial charge in [-0.2, -0.15) is 0 Å². The molecule has 3 nitrogen and oxygen atoms in total. The van der Waals surface area contributed by atoms with Crippen LogP contribution in [-0.2, 0) is 13.1 Å². The second-order valence-electron chi connectivity index (χ2n) is 5.43. The van der Waals surface area contributed by atoms with Gasteiger partial charge in [0.05, 0.1) is 4.47 Å². The van der Waals surface area contributed by atoms with Gasteiger partial charge in [-0.1, -0.05) is 34.1 Å². The Morgan fingerprint density at radius 1 is 1.09 bits per heavy atom. The number of H-pyrrole nitrogens is 1. The van der Waals surface area contributed by atoms with Gasteiger partial charge in [-0.25, -0.2) is 0 Å². The van der Waals surface area contributed by atoms with Crippen molar-refractivity contribution in [2.24, 2.45) is 0 Å². The lowest BCUT2D eigenvalue weighted by Crippen LogP contribution is -2.17. The zero-order valence-electron chi connectivity index (χ0n) is 12.1. The van der Waals surface area contributed by atoms with Crippen LogP contribution in [0.15, 0.2) is 51.5 Å². The van der Waals surface area contributed by atoms with Crippen LogP contribution >= 0.6 is 31.9 Å². The quantitative estimate of drug-likeness (QED) is 0.617. The Morgan fingerprint density at radius 2 is 1.82 bits per heavy atom. The second-order valence-corrected chi connectivity index (χ2v) is 7.20. The molecule has 22 heavy (non-hydrogen) atoms. The molecule has 0 aliphatic heterocycles. The van der Waals surface area contributed by atoms with Crippen LogP contribution in [0, 0.1) is 0 Å². The van der Waals surface area contributed by atoms with Crippen LogP contribution in [0.4, 0.5) is 0 Å². The van der Waals surface area contributed by atoms with Gasteiger partial charge >= 0.3 is 0 Å². The zero-order chi connectivity index (χ0) is 15.7. The molecule has 0 saturated carbocycles. The molecule has 0 saturated heterocycles. The van der Waals surface area contributed by atoms with Crippen LogP contribution in [-0.4, -0.2) is 22.0 Å². The maximum atomic E-state index is 10.2. The average molecular weight is 424 g/mol. The smallest absolute Gasteiger partial charge is 0.134 e. The van der Waals surface area contributed by atoms with E-state index in [9.17, 15) is 5.11 Å². The largest absolute Gasteiger partial charge is 0.506 e. The van der Waals surface area contributed by atoms with Crippen LogP contribution in [0.2, 0.25) is 0 Å². The van der Waals surface area contributed by atoms with Crippen molar-refractivity contribution in [1.82, 2.24) is 9.88 Å². The van der Waals surface area contributed by atoms with Gasteiger partial charge in [0.15, 0.2) is 0 Å². The molecule has 1 heterocycles. The lowest BCUT2D eigenvalue weighted by Gasteiger charge is -2.18. The zero-order valence-corrected chi connectivity index (χ0v) is 15.3. The molecule has 1 aromatic heterocycles. The molecule has 5 heteroatoms. The van der Waals surface area contributed by atoms with Gasteiger partial charge in [-0.05, 0) is 46.7 Å². The number of aromatic amines is 1. The van der Waals surface area contributed by atoms with E-state index in [0.717, 1.165) is 22.1 Å². The van der Waals surface area contributed by atoms with E-state index >= 15 is 0 Å². The van der Waals surface area contributed by atoms with Gasteiger partial charge < -0.3 is 10.1 Å². The Labute approximate surface area is 146 Å². The molecule has 2 aromatic carbocycles. The number of hydrogen-bond acceptors (Lipinski definition) is 2. The van der Waals surface area contributed by atoms with E-state index in [4.69, 9.17) is 0 Å². The summed E-state index contributed by atoms with van der Waals surface area (Å²) < 4.78 is 1.66. The number of phenols is 1. The summed E-state index contributed by atoms with van der Waals surface area (Å²) in [5.41, 5.74) is 3.30. The Balaban J connectivity index is 1.79. The first-order chi connectivity index (χ1) is 10.5. The molecule has 0 radical (unpaired) electrons. The SMILES string of the molecule is CN(Cc1cc(Br)cc(Br)c1O)Cc1c[nH]c2ccccc12. The van der Waals surface area contributed by atoms with Crippen molar-refractivity contribution in [2.45, 2.75) is 13.1 Å². The predicted molar refractivity (Wildman–Crippen MR) is 97.0 cm³/mol. The third kappa shape index (κ3) is 3.21. The van der Waals surface area contributed by atoms with Gasteiger partial charge in [0.2, 0.25) is 0 Å². The molecular weight excluding hydrogens is 408 g/mol. The molecular formula is C17H16Br2N2O. The summed E-state index contributed by atoms with van der Waals surface area (Å²) in [4.78, 5) is 5.48. The summed E-state index contributed by atoms with van der Waals surface area (Å²) in [6.45, 7) is 1.48. The first-order valence-electron chi connectivity index (χ1n) is 6.95. The first-order valence-corrected chi connectivity index (χ1v) is 8.53. The van der Waals surface area contributed by atoms with Gasteiger partial charge in [-0.15, -0.1) is 0 Å². The topological polar surface area (TPSA) is 39.3 Å². The molecule has 0 unspecified atom stereocenters. The van der Waals surface area contributed by atoms with E-state index in [2.05, 4.69) is 73.2 Å². The van der Waals surface area contributed by atoms with Crippen molar-refractivity contribution < 1.29 is 5.11 Å². The minimum atomic E-state index is 0.300. The first kappa shape index (κ1) is 15.6. The summed E-state index contributed by atoms with van der Waals surface area (Å²) in [6.07, 6.45) is 2.05.